The van der Waals surface area contributed by atoms with Gasteiger partial charge in [-0.05, 0) is 58.0 Å². The van der Waals surface area contributed by atoms with Crippen molar-refractivity contribution in [3.63, 3.8) is 0 Å². The lowest BCUT2D eigenvalue weighted by Crippen LogP contribution is -2.50. The predicted octanol–water partition coefficient (Wildman–Crippen LogP) is 1.78. The fourth-order valence-electron chi connectivity index (χ4n) is 3.58. The van der Waals surface area contributed by atoms with Gasteiger partial charge in [-0.25, -0.2) is 4.98 Å². The molecule has 0 aromatic carbocycles. The van der Waals surface area contributed by atoms with E-state index in [-0.39, 0.29) is 5.91 Å². The summed E-state index contributed by atoms with van der Waals surface area (Å²) in [5.74, 6) is 0.694. The van der Waals surface area contributed by atoms with Crippen LogP contribution in [0.25, 0.3) is 0 Å². The minimum atomic E-state index is 0.0609. The Hall–Kier alpha value is -1.49. The fraction of sp³-hybridized carbons (Fsp3) is 0.688. The van der Waals surface area contributed by atoms with Crippen LogP contribution < -0.4 is 5.32 Å². The molecule has 5 nitrogen and oxygen atoms in total. The number of likely N-dealkylation sites (tertiary alicyclic amines) is 1. The smallest absolute Gasteiger partial charge is 0.274 e. The number of carbonyl (C=O) groups excluding carboxylic acids is 1. The molecule has 114 valence electrons. The maximum absolute atomic E-state index is 12.8. The van der Waals surface area contributed by atoms with Gasteiger partial charge in [0.05, 0.1) is 11.9 Å². The van der Waals surface area contributed by atoms with E-state index in [1.807, 2.05) is 6.92 Å². The molecule has 2 aliphatic heterocycles. The quantitative estimate of drug-likeness (QED) is 0.901. The molecule has 1 N–H and O–H groups in total. The number of hydrogen-bond acceptors (Lipinski definition) is 4. The molecule has 5 heteroatoms. The molecule has 1 aromatic heterocycles. The van der Waals surface area contributed by atoms with Crippen molar-refractivity contribution in [3.05, 3.63) is 23.8 Å². The average molecular weight is 288 g/mol. The molecule has 1 amide bonds. The van der Waals surface area contributed by atoms with Crippen molar-refractivity contribution >= 4 is 5.91 Å². The number of rotatable bonds is 2. The Morgan fingerprint density at radius 3 is 2.71 bits per heavy atom. The van der Waals surface area contributed by atoms with Crippen LogP contribution in [0.1, 0.15) is 48.3 Å². The third kappa shape index (κ3) is 3.23. The van der Waals surface area contributed by atoms with Crippen LogP contribution in [0.2, 0.25) is 0 Å². The minimum Gasteiger partial charge on any atom is -0.334 e. The average Bonchev–Trinajstić information content (AvgIpc) is 2.56. The third-order valence-electron chi connectivity index (χ3n) is 4.74. The van der Waals surface area contributed by atoms with Crippen LogP contribution in [0.4, 0.5) is 0 Å². The van der Waals surface area contributed by atoms with Gasteiger partial charge in [-0.2, -0.15) is 0 Å². The van der Waals surface area contributed by atoms with Gasteiger partial charge in [-0.15, -0.1) is 0 Å². The second-order valence-corrected chi connectivity index (χ2v) is 6.19. The van der Waals surface area contributed by atoms with Crippen LogP contribution in [-0.4, -0.2) is 46.5 Å². The largest absolute Gasteiger partial charge is 0.334 e. The second kappa shape index (κ2) is 6.52. The molecule has 0 radical (unpaired) electrons. The van der Waals surface area contributed by atoms with Gasteiger partial charge in [0, 0.05) is 18.8 Å². The van der Waals surface area contributed by atoms with Gasteiger partial charge in [0.15, 0.2) is 0 Å². The van der Waals surface area contributed by atoms with Gasteiger partial charge in [-0.1, -0.05) is 0 Å². The number of aryl methyl sites for hydroxylation is 1. The first-order valence-electron chi connectivity index (χ1n) is 8.06. The van der Waals surface area contributed by atoms with Crippen molar-refractivity contribution in [2.45, 2.75) is 45.1 Å². The Kier molecular flexibility index (Phi) is 4.48. The van der Waals surface area contributed by atoms with Crippen molar-refractivity contribution < 1.29 is 4.79 Å². The molecular formula is C16H24N4O. The van der Waals surface area contributed by atoms with Crippen LogP contribution in [-0.2, 0) is 0 Å². The minimum absolute atomic E-state index is 0.0609. The number of nitrogens with one attached hydrogen (secondary N) is 1. The molecule has 0 spiro atoms. The zero-order valence-corrected chi connectivity index (χ0v) is 12.7. The van der Waals surface area contributed by atoms with Crippen LogP contribution in [0.5, 0.6) is 0 Å². The summed E-state index contributed by atoms with van der Waals surface area (Å²) >= 11 is 0. The summed E-state index contributed by atoms with van der Waals surface area (Å²) in [6.45, 7) is 4.91. The first-order chi connectivity index (χ1) is 10.3. The first kappa shape index (κ1) is 14.4. The highest BCUT2D eigenvalue weighted by molar-refractivity contribution is 5.92. The molecule has 2 aliphatic rings. The van der Waals surface area contributed by atoms with Crippen molar-refractivity contribution in [1.29, 1.82) is 0 Å². The zero-order chi connectivity index (χ0) is 14.7. The summed E-state index contributed by atoms with van der Waals surface area (Å²) < 4.78 is 0. The maximum Gasteiger partial charge on any atom is 0.274 e. The Morgan fingerprint density at radius 2 is 2.00 bits per heavy atom. The molecule has 1 aromatic rings. The summed E-state index contributed by atoms with van der Waals surface area (Å²) in [7, 11) is 0. The van der Waals surface area contributed by atoms with E-state index >= 15 is 0 Å². The first-order valence-corrected chi connectivity index (χ1v) is 8.06. The standard InChI is InChI=1S/C16H24N4O/c1-12-10-19-14(11-18-12)16(21)20-9-3-2-4-15(20)13-5-7-17-8-6-13/h10-11,13,15,17H,2-9H2,1H3. The predicted molar refractivity (Wildman–Crippen MR) is 81.0 cm³/mol. The molecule has 1 atom stereocenters. The summed E-state index contributed by atoms with van der Waals surface area (Å²) in [6.07, 6.45) is 9.12. The van der Waals surface area contributed by atoms with Gasteiger partial charge in [0.1, 0.15) is 5.69 Å². The number of hydrogen-bond donors (Lipinski definition) is 1. The van der Waals surface area contributed by atoms with Gasteiger partial charge in [0.2, 0.25) is 0 Å². The topological polar surface area (TPSA) is 58.1 Å². The number of aromatic nitrogens is 2. The van der Waals surface area contributed by atoms with Gasteiger partial charge < -0.3 is 10.2 Å². The van der Waals surface area contributed by atoms with Crippen LogP contribution in [0.15, 0.2) is 12.4 Å². The van der Waals surface area contributed by atoms with Crippen LogP contribution >= 0.6 is 0 Å². The molecule has 0 bridgehead atoms. The maximum atomic E-state index is 12.8. The number of carbonyl (C=O) groups is 1. The summed E-state index contributed by atoms with van der Waals surface area (Å²) in [4.78, 5) is 23.3. The highest BCUT2D eigenvalue weighted by Gasteiger charge is 2.34. The Bertz CT molecular complexity index is 482. The Labute approximate surface area is 126 Å². The number of piperidine rings is 2. The summed E-state index contributed by atoms with van der Waals surface area (Å²) in [5, 5.41) is 3.41. The van der Waals surface area contributed by atoms with E-state index in [4.69, 9.17) is 0 Å². The summed E-state index contributed by atoms with van der Waals surface area (Å²) in [6, 6.07) is 0.386. The third-order valence-corrected chi connectivity index (χ3v) is 4.74. The SMILES string of the molecule is Cc1cnc(C(=O)N2CCCCC2C2CCNCC2)cn1. The van der Waals surface area contributed by atoms with Gasteiger partial charge >= 0.3 is 0 Å². The Morgan fingerprint density at radius 1 is 1.19 bits per heavy atom. The molecule has 2 saturated heterocycles. The lowest BCUT2D eigenvalue weighted by Gasteiger charge is -2.41. The molecule has 1 unspecified atom stereocenters. The van der Waals surface area contributed by atoms with E-state index in [1.165, 1.54) is 19.3 Å². The highest BCUT2D eigenvalue weighted by Crippen LogP contribution is 2.29. The van der Waals surface area contributed by atoms with E-state index in [0.29, 0.717) is 17.7 Å². The van der Waals surface area contributed by atoms with Crippen molar-refractivity contribution in [2.75, 3.05) is 19.6 Å². The fourth-order valence-corrected chi connectivity index (χ4v) is 3.58. The van der Waals surface area contributed by atoms with Crippen molar-refractivity contribution in [3.8, 4) is 0 Å². The molecule has 2 fully saturated rings. The van der Waals surface area contributed by atoms with Crippen molar-refractivity contribution in [2.24, 2.45) is 5.92 Å². The lowest BCUT2D eigenvalue weighted by atomic mass is 9.84. The molecule has 0 aliphatic carbocycles. The van der Waals surface area contributed by atoms with E-state index in [0.717, 1.165) is 38.2 Å². The van der Waals surface area contributed by atoms with E-state index in [9.17, 15) is 4.79 Å². The molecule has 3 heterocycles. The lowest BCUT2D eigenvalue weighted by molar-refractivity contribution is 0.0469. The zero-order valence-electron chi connectivity index (χ0n) is 12.7. The van der Waals surface area contributed by atoms with Crippen LogP contribution in [0.3, 0.4) is 0 Å². The molecule has 3 rings (SSSR count). The van der Waals surface area contributed by atoms with Gasteiger partial charge in [-0.3, -0.25) is 9.78 Å². The molecule has 0 saturated carbocycles. The monoisotopic (exact) mass is 288 g/mol. The normalized spacial score (nSPS) is 24.0. The molecule has 21 heavy (non-hydrogen) atoms. The van der Waals surface area contributed by atoms with E-state index in [1.54, 1.807) is 12.4 Å². The Balaban J connectivity index is 1.76. The summed E-state index contributed by atoms with van der Waals surface area (Å²) in [5.41, 5.74) is 1.33. The molecular weight excluding hydrogens is 264 g/mol. The van der Waals surface area contributed by atoms with Crippen LogP contribution in [0, 0.1) is 12.8 Å². The van der Waals surface area contributed by atoms with E-state index < -0.39 is 0 Å². The van der Waals surface area contributed by atoms with Gasteiger partial charge in [0.25, 0.3) is 5.91 Å². The van der Waals surface area contributed by atoms with Crippen molar-refractivity contribution in [1.82, 2.24) is 20.2 Å². The van der Waals surface area contributed by atoms with E-state index in [2.05, 4.69) is 20.2 Å². The number of nitrogens with zero attached hydrogens (tertiary/aromatic N) is 3. The highest BCUT2D eigenvalue weighted by atomic mass is 16.2. The number of amides is 1. The second-order valence-electron chi connectivity index (χ2n) is 6.19.